The number of ether oxygens (including phenoxy) is 1. The summed E-state index contributed by atoms with van der Waals surface area (Å²) in [5.74, 6) is -0.945. The van der Waals surface area contributed by atoms with E-state index in [1.54, 1.807) is 24.3 Å². The summed E-state index contributed by atoms with van der Waals surface area (Å²) in [4.78, 5) is 26.7. The van der Waals surface area contributed by atoms with Crippen LogP contribution in [0.1, 0.15) is 19.4 Å². The summed E-state index contributed by atoms with van der Waals surface area (Å²) >= 11 is 5.88. The minimum Gasteiger partial charge on any atom is -0.479 e. The Morgan fingerprint density at radius 3 is 2.77 bits per heavy atom. The van der Waals surface area contributed by atoms with Crippen LogP contribution in [0.3, 0.4) is 0 Å². The molecule has 2 heterocycles. The molecule has 1 fully saturated rings. The number of rotatable bonds is 5. The van der Waals surface area contributed by atoms with Crippen LogP contribution in [0.25, 0.3) is 11.4 Å². The van der Waals surface area contributed by atoms with Crippen LogP contribution in [-0.4, -0.2) is 67.9 Å². The van der Waals surface area contributed by atoms with Gasteiger partial charge in [-0.3, -0.25) is 4.79 Å². The Hall–Kier alpha value is -2.52. The Labute approximate surface area is 154 Å². The van der Waals surface area contributed by atoms with Gasteiger partial charge in [0.15, 0.2) is 12.1 Å². The molecule has 1 aromatic heterocycles. The van der Waals surface area contributed by atoms with Gasteiger partial charge in [-0.15, -0.1) is 10.2 Å². The smallest absolute Gasteiger partial charge is 0.334 e. The first kappa shape index (κ1) is 18.3. The van der Waals surface area contributed by atoms with Gasteiger partial charge in [-0.2, -0.15) is 4.80 Å². The van der Waals surface area contributed by atoms with Crippen LogP contribution in [0.2, 0.25) is 5.02 Å². The van der Waals surface area contributed by atoms with Gasteiger partial charge in [-0.1, -0.05) is 18.5 Å². The Morgan fingerprint density at radius 1 is 1.38 bits per heavy atom. The Kier molecular flexibility index (Phi) is 5.48. The number of tetrazole rings is 1. The van der Waals surface area contributed by atoms with Crippen molar-refractivity contribution in [2.75, 3.05) is 19.7 Å². The van der Waals surface area contributed by atoms with Gasteiger partial charge in [-0.25, -0.2) is 4.79 Å². The quantitative estimate of drug-likeness (QED) is 0.832. The molecule has 1 saturated heterocycles. The van der Waals surface area contributed by atoms with Crippen LogP contribution in [0.4, 0.5) is 0 Å². The first-order valence-corrected chi connectivity index (χ1v) is 8.56. The molecule has 1 aromatic carbocycles. The van der Waals surface area contributed by atoms with Crippen LogP contribution >= 0.6 is 11.6 Å². The lowest BCUT2D eigenvalue weighted by atomic mass is 10.1. The lowest BCUT2D eigenvalue weighted by molar-refractivity contribution is -0.160. The Balaban J connectivity index is 1.77. The van der Waals surface area contributed by atoms with E-state index >= 15 is 0 Å². The third-order valence-corrected chi connectivity index (χ3v) is 4.39. The van der Waals surface area contributed by atoms with Crippen molar-refractivity contribution < 1.29 is 19.4 Å². The fourth-order valence-electron chi connectivity index (χ4n) is 2.72. The number of aromatic nitrogens is 4. The topological polar surface area (TPSA) is 110 Å². The maximum absolute atomic E-state index is 12.8. The SMILES string of the molecule is CC[C@@H](C(=O)N1CCO[C@@H](C(=O)O)C1)n1nnc(-c2ccc(Cl)cc2)n1. The molecule has 26 heavy (non-hydrogen) atoms. The average molecular weight is 380 g/mol. The molecule has 3 rings (SSSR count). The van der Waals surface area contributed by atoms with E-state index < -0.39 is 18.1 Å². The second-order valence-corrected chi connectivity index (χ2v) is 6.28. The van der Waals surface area contributed by atoms with Crippen LogP contribution < -0.4 is 0 Å². The molecule has 0 bridgehead atoms. The highest BCUT2D eigenvalue weighted by atomic mass is 35.5. The third kappa shape index (κ3) is 3.83. The molecular formula is C16H18ClN5O4. The van der Waals surface area contributed by atoms with E-state index in [2.05, 4.69) is 15.4 Å². The van der Waals surface area contributed by atoms with Gasteiger partial charge in [0.2, 0.25) is 11.7 Å². The van der Waals surface area contributed by atoms with Crippen molar-refractivity contribution in [3.63, 3.8) is 0 Å². The van der Waals surface area contributed by atoms with Gasteiger partial charge in [0.05, 0.1) is 13.2 Å². The molecule has 2 aromatic rings. The Morgan fingerprint density at radius 2 is 2.12 bits per heavy atom. The summed E-state index contributed by atoms with van der Waals surface area (Å²) in [6.45, 7) is 2.35. The van der Waals surface area contributed by atoms with Gasteiger partial charge in [0.25, 0.3) is 0 Å². The maximum atomic E-state index is 12.8. The normalized spacial score (nSPS) is 18.5. The summed E-state index contributed by atoms with van der Waals surface area (Å²) in [5, 5.41) is 22.0. The van der Waals surface area contributed by atoms with E-state index in [1.165, 1.54) is 9.70 Å². The molecule has 0 saturated carbocycles. The minimum absolute atomic E-state index is 0.00338. The van der Waals surface area contributed by atoms with Gasteiger partial charge in [0.1, 0.15) is 0 Å². The molecule has 0 radical (unpaired) electrons. The third-order valence-electron chi connectivity index (χ3n) is 4.13. The molecule has 10 heteroatoms. The number of hydrogen-bond donors (Lipinski definition) is 1. The number of carboxylic acids is 1. The summed E-state index contributed by atoms with van der Waals surface area (Å²) in [6, 6.07) is 6.33. The van der Waals surface area contributed by atoms with Crippen molar-refractivity contribution in [3.05, 3.63) is 29.3 Å². The number of halogens is 1. The molecule has 2 atom stereocenters. The largest absolute Gasteiger partial charge is 0.479 e. The Bertz CT molecular complexity index is 794. The first-order chi connectivity index (χ1) is 12.5. The van der Waals surface area contributed by atoms with Crippen LogP contribution in [-0.2, 0) is 14.3 Å². The molecule has 1 N–H and O–H groups in total. The zero-order valence-corrected chi connectivity index (χ0v) is 14.8. The van der Waals surface area contributed by atoms with E-state index in [0.29, 0.717) is 23.8 Å². The number of nitrogens with zero attached hydrogens (tertiary/aromatic N) is 5. The predicted octanol–water partition coefficient (Wildman–Crippen LogP) is 1.26. The molecule has 138 valence electrons. The summed E-state index contributed by atoms with van der Waals surface area (Å²) in [7, 11) is 0. The molecular weight excluding hydrogens is 362 g/mol. The number of carbonyl (C=O) groups is 2. The fourth-order valence-corrected chi connectivity index (χ4v) is 2.84. The van der Waals surface area contributed by atoms with Crippen molar-refractivity contribution in [2.45, 2.75) is 25.5 Å². The molecule has 1 amide bonds. The van der Waals surface area contributed by atoms with E-state index in [-0.39, 0.29) is 19.1 Å². The van der Waals surface area contributed by atoms with E-state index in [9.17, 15) is 9.59 Å². The highest BCUT2D eigenvalue weighted by Gasteiger charge is 2.33. The molecule has 0 spiro atoms. The minimum atomic E-state index is -1.08. The van der Waals surface area contributed by atoms with Crippen molar-refractivity contribution >= 4 is 23.5 Å². The second-order valence-electron chi connectivity index (χ2n) is 5.85. The number of benzene rings is 1. The highest BCUT2D eigenvalue weighted by Crippen LogP contribution is 2.20. The van der Waals surface area contributed by atoms with Gasteiger partial charge in [-0.05, 0) is 35.9 Å². The van der Waals surface area contributed by atoms with E-state index in [1.807, 2.05) is 6.92 Å². The molecule has 0 unspecified atom stereocenters. The fraction of sp³-hybridized carbons (Fsp3) is 0.438. The summed E-state index contributed by atoms with van der Waals surface area (Å²) < 4.78 is 5.16. The zero-order valence-electron chi connectivity index (χ0n) is 14.1. The first-order valence-electron chi connectivity index (χ1n) is 8.18. The van der Waals surface area contributed by atoms with Crippen molar-refractivity contribution in [1.29, 1.82) is 0 Å². The molecule has 1 aliphatic rings. The van der Waals surface area contributed by atoms with Crippen LogP contribution in [0, 0.1) is 0 Å². The average Bonchev–Trinajstić information content (AvgIpc) is 3.12. The number of amides is 1. The lowest BCUT2D eigenvalue weighted by Gasteiger charge is -2.32. The van der Waals surface area contributed by atoms with E-state index in [4.69, 9.17) is 21.4 Å². The zero-order chi connectivity index (χ0) is 18.7. The lowest BCUT2D eigenvalue weighted by Crippen LogP contribution is -2.50. The highest BCUT2D eigenvalue weighted by molar-refractivity contribution is 6.30. The monoisotopic (exact) mass is 379 g/mol. The summed E-state index contributed by atoms with van der Waals surface area (Å²) in [6.07, 6.45) is -0.566. The van der Waals surface area contributed by atoms with Crippen molar-refractivity contribution in [1.82, 2.24) is 25.1 Å². The predicted molar refractivity (Wildman–Crippen MR) is 91.5 cm³/mol. The number of carboxylic acid groups (broad SMARTS) is 1. The standard InChI is InChI=1S/C16H18ClN5O4/c1-2-12(15(23)21-7-8-26-13(9-21)16(24)25)22-19-14(18-20-22)10-3-5-11(17)6-4-10/h3-6,12-13H,2,7-9H2,1H3,(H,24,25)/t12-,13+/m0/s1. The summed E-state index contributed by atoms with van der Waals surface area (Å²) in [5.41, 5.74) is 0.736. The van der Waals surface area contributed by atoms with Gasteiger partial charge < -0.3 is 14.7 Å². The number of aliphatic carboxylic acids is 1. The molecule has 9 nitrogen and oxygen atoms in total. The number of hydrogen-bond acceptors (Lipinski definition) is 6. The van der Waals surface area contributed by atoms with Crippen LogP contribution in [0.15, 0.2) is 24.3 Å². The number of carbonyl (C=O) groups excluding carboxylic acids is 1. The number of morpholine rings is 1. The van der Waals surface area contributed by atoms with Crippen molar-refractivity contribution in [3.8, 4) is 11.4 Å². The van der Waals surface area contributed by atoms with Gasteiger partial charge >= 0.3 is 5.97 Å². The van der Waals surface area contributed by atoms with Crippen molar-refractivity contribution in [2.24, 2.45) is 0 Å². The maximum Gasteiger partial charge on any atom is 0.334 e. The second kappa shape index (κ2) is 7.79. The van der Waals surface area contributed by atoms with Crippen LogP contribution in [0.5, 0.6) is 0 Å². The molecule has 0 aliphatic carbocycles. The van der Waals surface area contributed by atoms with E-state index in [0.717, 1.165) is 5.56 Å². The molecule has 1 aliphatic heterocycles. The van der Waals surface area contributed by atoms with Gasteiger partial charge in [0, 0.05) is 17.1 Å².